The highest BCUT2D eigenvalue weighted by Gasteiger charge is 2.60. The Morgan fingerprint density at radius 3 is 1.69 bits per heavy atom. The molecule has 3 amide bonds. The summed E-state index contributed by atoms with van der Waals surface area (Å²) >= 11 is 9.35. The first-order chi connectivity index (χ1) is 66.9. The second-order valence-electron chi connectivity index (χ2n) is 37.8. The Hall–Kier alpha value is -12.7. The van der Waals surface area contributed by atoms with Gasteiger partial charge < -0.3 is 34.6 Å². The fourth-order valence-electron chi connectivity index (χ4n) is 17.3. The van der Waals surface area contributed by atoms with Crippen molar-refractivity contribution in [2.24, 2.45) is 34.1 Å². The smallest absolute Gasteiger partial charge is 0.306 e. The lowest BCUT2D eigenvalue weighted by molar-refractivity contribution is -0.152. The van der Waals surface area contributed by atoms with Crippen molar-refractivity contribution in [1.29, 1.82) is 0 Å². The van der Waals surface area contributed by atoms with Crippen LogP contribution in [0.15, 0.2) is 295 Å². The number of fused-ring (bicyclic) bond motifs is 3. The van der Waals surface area contributed by atoms with Crippen LogP contribution in [0.2, 0.25) is 5.02 Å². The highest BCUT2D eigenvalue weighted by Crippen LogP contribution is 2.47. The molecule has 14 aromatic rings. The molecule has 2 fully saturated rings. The number of anilines is 2. The van der Waals surface area contributed by atoms with Gasteiger partial charge >= 0.3 is 5.97 Å². The lowest BCUT2D eigenvalue weighted by atomic mass is 9.80. The van der Waals surface area contributed by atoms with Crippen LogP contribution in [-0.2, 0) is 48.7 Å². The number of thiophene rings is 1. The van der Waals surface area contributed by atoms with Gasteiger partial charge in [-0.1, -0.05) is 358 Å². The molecule has 1 aliphatic carbocycles. The number of carbonyl (C=O) groups excluding carboxylic acids is 5. The SMILES string of the molecule is CC(C)Cc1nc(-c2ccccc2)c(-c2ccccc2)o1.CC(C)Oc1ccccc1C(N)=O.CC(C)c1ccc(C(=O)c2ccccc2)s1.CC(C)c1ccc(C2CCC/C(=N/O)C2)cc1.CC(C)c1sc(-c2ccccc2)nc1-c1ccc(Cl)cc1.CCCCC1(COC(=O)CC(C)C)C(=O)N(c2ccccc2)N(c2ccccc2)C1=O.CCc1cccc2c3c([nH]c12)C(CC)(C(C)C)OCC3. The number of ether oxygens (including phenoxy) is 3. The number of carbonyl (C=O) groups is 5. The van der Waals surface area contributed by atoms with Gasteiger partial charge in [0.15, 0.2) is 17.1 Å². The number of nitrogens with zero attached hydrogens (tertiary/aromatic N) is 5. The molecule has 10 aromatic carbocycles. The maximum atomic E-state index is 13.8. The van der Waals surface area contributed by atoms with Crippen LogP contribution in [-0.4, -0.2) is 74.7 Å². The molecule has 728 valence electrons. The van der Waals surface area contributed by atoms with Gasteiger partial charge in [0.2, 0.25) is 5.78 Å². The van der Waals surface area contributed by atoms with Crippen molar-refractivity contribution in [2.75, 3.05) is 23.2 Å². The number of primary amides is 1. The molecule has 2 atom stereocenters. The van der Waals surface area contributed by atoms with E-state index in [1.54, 1.807) is 65.1 Å². The van der Waals surface area contributed by atoms with E-state index >= 15 is 0 Å². The molecule has 6 heterocycles. The second-order valence-corrected chi connectivity index (χ2v) is 40.3. The first-order valence-electron chi connectivity index (χ1n) is 49.1. The zero-order valence-corrected chi connectivity index (χ0v) is 86.2. The molecule has 1 saturated heterocycles. The largest absolute Gasteiger partial charge is 0.490 e. The maximum absolute atomic E-state index is 13.8. The van der Waals surface area contributed by atoms with E-state index < -0.39 is 17.3 Å². The van der Waals surface area contributed by atoms with E-state index in [0.29, 0.717) is 71.0 Å². The number of oxime groups is 1. The number of amides is 3. The van der Waals surface area contributed by atoms with E-state index in [4.69, 9.17) is 51.1 Å². The average Bonchev–Trinajstić information content (AvgIpc) is 1.57. The fraction of sp³-hybridized carbons (Fsp3) is 0.345. The number of aryl methyl sites for hydroxylation is 1. The summed E-state index contributed by atoms with van der Waals surface area (Å²) in [7, 11) is 0. The lowest BCUT2D eigenvalue weighted by Crippen LogP contribution is -2.42. The number of nitrogens with two attached hydrogens (primary N) is 1. The summed E-state index contributed by atoms with van der Waals surface area (Å²) in [6, 6.07) is 92.8. The third kappa shape index (κ3) is 28.1. The Labute approximate surface area is 836 Å². The molecule has 20 heteroatoms. The molecule has 17 nitrogen and oxygen atoms in total. The number of para-hydroxylation sites is 4. The van der Waals surface area contributed by atoms with Crippen LogP contribution in [0, 0.1) is 23.2 Å². The molecule has 0 bridgehead atoms. The van der Waals surface area contributed by atoms with Crippen LogP contribution in [0.3, 0.4) is 0 Å². The van der Waals surface area contributed by atoms with Gasteiger partial charge in [-0.3, -0.25) is 24.0 Å². The number of esters is 1. The van der Waals surface area contributed by atoms with E-state index in [1.807, 2.05) is 198 Å². The number of oxazole rings is 1. The van der Waals surface area contributed by atoms with Crippen LogP contribution >= 0.6 is 34.3 Å². The van der Waals surface area contributed by atoms with Crippen LogP contribution < -0.4 is 20.5 Å². The summed E-state index contributed by atoms with van der Waals surface area (Å²) in [4.78, 5) is 79.7. The van der Waals surface area contributed by atoms with Crippen molar-refractivity contribution in [3.8, 4) is 50.2 Å². The number of hydrogen-bond acceptors (Lipinski definition) is 15. The molecular formula is C119H138ClN7O10S2. The van der Waals surface area contributed by atoms with Crippen molar-refractivity contribution in [1.82, 2.24) is 15.0 Å². The summed E-state index contributed by atoms with van der Waals surface area (Å²) in [5.74, 6) is 3.96. The molecule has 1 saturated carbocycles. The summed E-state index contributed by atoms with van der Waals surface area (Å²) in [5.41, 5.74) is 21.7. The van der Waals surface area contributed by atoms with Gasteiger partial charge in [0.05, 0.1) is 51.6 Å². The number of nitrogens with one attached hydrogen (secondary N) is 1. The van der Waals surface area contributed by atoms with Crippen molar-refractivity contribution in [2.45, 2.75) is 230 Å². The Balaban J connectivity index is 0.000000158. The second kappa shape index (κ2) is 51.8. The number of hydrogen-bond donors (Lipinski definition) is 3. The zero-order chi connectivity index (χ0) is 99.9. The third-order valence-electron chi connectivity index (χ3n) is 24.8. The summed E-state index contributed by atoms with van der Waals surface area (Å²) in [6.45, 7) is 36.7. The molecule has 0 radical (unpaired) electrons. The van der Waals surface area contributed by atoms with Crippen molar-refractivity contribution >= 4 is 91.7 Å². The molecule has 17 rings (SSSR count). The minimum atomic E-state index is -1.44. The van der Waals surface area contributed by atoms with Gasteiger partial charge in [-0.25, -0.2) is 20.0 Å². The maximum Gasteiger partial charge on any atom is 0.306 e. The van der Waals surface area contributed by atoms with Crippen molar-refractivity contribution in [3.63, 3.8) is 0 Å². The minimum absolute atomic E-state index is 0.0421. The zero-order valence-electron chi connectivity index (χ0n) is 83.8. The normalized spacial score (nSPS) is 15.1. The third-order valence-corrected chi connectivity index (χ3v) is 27.8. The van der Waals surface area contributed by atoms with Gasteiger partial charge in [-0.05, 0) is 190 Å². The summed E-state index contributed by atoms with van der Waals surface area (Å²) in [6.07, 6.45) is 10.3. The molecule has 0 spiro atoms. The molecule has 139 heavy (non-hydrogen) atoms. The number of aromatic nitrogens is 3. The summed E-state index contributed by atoms with van der Waals surface area (Å²) in [5, 5.41) is 18.3. The molecule has 4 N–H and O–H groups in total. The quantitative estimate of drug-likeness (QED) is 0.0143. The number of thiazole rings is 1. The van der Waals surface area contributed by atoms with Gasteiger partial charge in [0.1, 0.15) is 28.7 Å². The van der Waals surface area contributed by atoms with E-state index in [9.17, 15) is 24.0 Å². The number of benzene rings is 10. The van der Waals surface area contributed by atoms with Crippen LogP contribution in [0.5, 0.6) is 5.75 Å². The lowest BCUT2D eigenvalue weighted by Gasteiger charge is -2.40. The molecule has 2 unspecified atom stereocenters. The van der Waals surface area contributed by atoms with E-state index in [-0.39, 0.29) is 48.2 Å². The number of unbranched alkanes of at least 4 members (excludes halogenated alkanes) is 1. The van der Waals surface area contributed by atoms with E-state index in [1.165, 1.54) is 70.6 Å². The number of halogens is 1. The van der Waals surface area contributed by atoms with E-state index in [0.717, 1.165) is 124 Å². The Morgan fingerprint density at radius 2 is 1.17 bits per heavy atom. The van der Waals surface area contributed by atoms with Gasteiger partial charge in [-0.2, -0.15) is 0 Å². The van der Waals surface area contributed by atoms with Crippen molar-refractivity contribution < 1.29 is 47.8 Å². The van der Waals surface area contributed by atoms with Gasteiger partial charge in [-0.15, -0.1) is 22.7 Å². The van der Waals surface area contributed by atoms with Gasteiger partial charge in [0.25, 0.3) is 17.7 Å². The molecule has 3 aliphatic rings. The fourth-order valence-corrected chi connectivity index (χ4v) is 19.5. The standard InChI is InChI=1S/C25H30N2O4.C19H19NO.C18H16ClNS.C18H25NO.C15H21NO.C14H14OS.C10H13NO2/c1-4-5-16-25(18-31-22(28)17-19(2)3)23(29)26(20-12-8-6-9-13-20)27(24(25)30)21-14-10-7-11-15-21;1-14(2)13-17-20-18(15-9-5-3-6-10-15)19(21-17)16-11-7-4-8-12-16;1-12(2)17-16(13-8-10-15(19)11-9-13)20-18(21-17)14-6-4-3-5-7-14;1-5-13-8-7-9-14-15-10-11-20-18(6-2,12(3)4)17(15)19-16(13)14;1-11(2)12-6-8-13(9-7-12)14-4-3-5-15(10-14)16-17;1-10(2)12-8-9-13(16-12)14(15)11-6-4-3-5-7-11;1-7(2)13-9-6-4-3-5-8(9)10(11)12/h6-15,19H,4-5,16-18H2,1-3H3;3-12,14H,13H2,1-2H3;3-12H,1-2H3;7-9,12,19H,5-6,10-11H2,1-4H3;6-9,11,14,17H,3-5,10H2,1-2H3;3-10H,1-2H3;3-7H,1-2H3,(H2,11,12)/b;;;;16-15-;;. The Bertz CT molecular complexity index is 6140. The van der Waals surface area contributed by atoms with Crippen molar-refractivity contribution in [3.05, 3.63) is 350 Å². The number of H-pyrrole nitrogens is 1. The highest BCUT2D eigenvalue weighted by molar-refractivity contribution is 7.15. The van der Waals surface area contributed by atoms with Gasteiger partial charge in [0, 0.05) is 66.3 Å². The molecular weight excluding hydrogens is 1790 g/mol. The number of aromatic amines is 1. The van der Waals surface area contributed by atoms with Crippen LogP contribution in [0.4, 0.5) is 11.4 Å². The monoisotopic (exact) mass is 1920 g/mol. The van der Waals surface area contributed by atoms with Crippen LogP contribution in [0.25, 0.3) is 55.3 Å². The van der Waals surface area contributed by atoms with E-state index in [2.05, 4.69) is 172 Å². The number of rotatable bonds is 27. The first-order valence-corrected chi connectivity index (χ1v) is 51.1. The number of ketones is 1. The summed E-state index contributed by atoms with van der Waals surface area (Å²) < 4.78 is 23.2. The molecule has 4 aromatic heterocycles. The minimum Gasteiger partial charge on any atom is -0.490 e. The predicted molar refractivity (Wildman–Crippen MR) is 572 cm³/mol. The topological polar surface area (TPSA) is 233 Å². The highest BCUT2D eigenvalue weighted by atomic mass is 35.5. The predicted octanol–water partition coefficient (Wildman–Crippen LogP) is 30.7. The average molecular weight is 1930 g/mol. The molecule has 2 aliphatic heterocycles. The first kappa shape index (κ1) is 107. The number of hydrazine groups is 1. The Kier molecular flexibility index (Phi) is 39.8. The van der Waals surface area contributed by atoms with Crippen LogP contribution in [0.1, 0.15) is 268 Å². The Morgan fingerprint density at radius 1 is 0.597 bits per heavy atom.